The quantitative estimate of drug-likeness (QED) is 0.936. The maximum atomic E-state index is 9.37. The SMILES string of the molecule is Cc1ccc(Cl)cc1-c1nnc(CO)n1CC(C)C. The van der Waals surface area contributed by atoms with E-state index in [1.807, 2.05) is 29.7 Å². The lowest BCUT2D eigenvalue weighted by molar-refractivity contribution is 0.262. The van der Waals surface area contributed by atoms with Gasteiger partial charge in [-0.05, 0) is 30.5 Å². The van der Waals surface area contributed by atoms with Gasteiger partial charge in [0, 0.05) is 17.1 Å². The van der Waals surface area contributed by atoms with Crippen molar-refractivity contribution in [3.8, 4) is 11.4 Å². The topological polar surface area (TPSA) is 50.9 Å². The molecule has 1 aromatic heterocycles. The summed E-state index contributed by atoms with van der Waals surface area (Å²) in [4.78, 5) is 0. The van der Waals surface area contributed by atoms with Crippen LogP contribution in [0.2, 0.25) is 5.02 Å². The Morgan fingerprint density at radius 2 is 2.05 bits per heavy atom. The van der Waals surface area contributed by atoms with Gasteiger partial charge in [-0.15, -0.1) is 10.2 Å². The summed E-state index contributed by atoms with van der Waals surface area (Å²) < 4.78 is 1.96. The molecule has 0 radical (unpaired) electrons. The van der Waals surface area contributed by atoms with Crippen molar-refractivity contribution in [1.29, 1.82) is 0 Å². The summed E-state index contributed by atoms with van der Waals surface area (Å²) in [7, 11) is 0. The molecule has 0 saturated heterocycles. The lowest BCUT2D eigenvalue weighted by Crippen LogP contribution is -2.10. The van der Waals surface area contributed by atoms with Crippen molar-refractivity contribution in [2.24, 2.45) is 5.92 Å². The first-order valence-electron chi connectivity index (χ1n) is 6.32. The van der Waals surface area contributed by atoms with E-state index in [2.05, 4.69) is 24.0 Å². The first-order chi connectivity index (χ1) is 9.02. The smallest absolute Gasteiger partial charge is 0.164 e. The molecule has 2 aromatic rings. The monoisotopic (exact) mass is 279 g/mol. The zero-order valence-electron chi connectivity index (χ0n) is 11.4. The number of halogens is 1. The Balaban J connectivity index is 2.55. The second kappa shape index (κ2) is 5.72. The number of nitrogens with zero attached hydrogens (tertiary/aromatic N) is 3. The molecule has 0 aliphatic heterocycles. The first kappa shape index (κ1) is 14.0. The molecule has 0 aliphatic rings. The van der Waals surface area contributed by atoms with Crippen LogP contribution in [0.1, 0.15) is 25.2 Å². The highest BCUT2D eigenvalue weighted by Crippen LogP contribution is 2.26. The number of aryl methyl sites for hydroxylation is 1. The van der Waals surface area contributed by atoms with E-state index in [1.54, 1.807) is 0 Å². The Bertz CT molecular complexity index is 578. The molecule has 0 bridgehead atoms. The van der Waals surface area contributed by atoms with Crippen molar-refractivity contribution >= 4 is 11.6 Å². The molecular weight excluding hydrogens is 262 g/mol. The average Bonchev–Trinajstić information content (AvgIpc) is 2.74. The van der Waals surface area contributed by atoms with Crippen molar-refractivity contribution < 1.29 is 5.11 Å². The standard InChI is InChI=1S/C14H18ClN3O/c1-9(2)7-18-13(8-19)16-17-14(18)12-6-11(15)5-4-10(12)3/h4-6,9,19H,7-8H2,1-3H3. The summed E-state index contributed by atoms with van der Waals surface area (Å²) in [6.07, 6.45) is 0. The molecule has 19 heavy (non-hydrogen) atoms. The van der Waals surface area contributed by atoms with Gasteiger partial charge in [0.25, 0.3) is 0 Å². The van der Waals surface area contributed by atoms with E-state index in [0.717, 1.165) is 23.5 Å². The van der Waals surface area contributed by atoms with Crippen LogP contribution in [-0.2, 0) is 13.2 Å². The second-order valence-electron chi connectivity index (χ2n) is 5.06. The first-order valence-corrected chi connectivity index (χ1v) is 6.70. The highest BCUT2D eigenvalue weighted by molar-refractivity contribution is 6.30. The third-order valence-corrected chi connectivity index (χ3v) is 3.19. The molecule has 4 nitrogen and oxygen atoms in total. The minimum absolute atomic E-state index is 0.112. The lowest BCUT2D eigenvalue weighted by atomic mass is 10.1. The molecule has 0 amide bonds. The van der Waals surface area contributed by atoms with Gasteiger partial charge in [-0.1, -0.05) is 31.5 Å². The molecular formula is C14H18ClN3O. The van der Waals surface area contributed by atoms with Crippen molar-refractivity contribution in [3.05, 3.63) is 34.6 Å². The maximum absolute atomic E-state index is 9.37. The number of hydrogen-bond donors (Lipinski definition) is 1. The summed E-state index contributed by atoms with van der Waals surface area (Å²) in [6.45, 7) is 6.91. The van der Waals surface area contributed by atoms with E-state index in [0.29, 0.717) is 16.8 Å². The van der Waals surface area contributed by atoms with Gasteiger partial charge in [0.15, 0.2) is 11.6 Å². The van der Waals surface area contributed by atoms with E-state index < -0.39 is 0 Å². The third kappa shape index (κ3) is 2.96. The van der Waals surface area contributed by atoms with Crippen LogP contribution in [-0.4, -0.2) is 19.9 Å². The molecule has 0 saturated carbocycles. The van der Waals surface area contributed by atoms with Gasteiger partial charge in [-0.25, -0.2) is 0 Å². The summed E-state index contributed by atoms with van der Waals surface area (Å²) in [6, 6.07) is 5.71. The Kier molecular flexibility index (Phi) is 4.22. The third-order valence-electron chi connectivity index (χ3n) is 2.96. The largest absolute Gasteiger partial charge is 0.388 e. The normalized spacial score (nSPS) is 11.3. The predicted molar refractivity (Wildman–Crippen MR) is 76.0 cm³/mol. The van der Waals surface area contributed by atoms with Gasteiger partial charge in [0.05, 0.1) is 0 Å². The fourth-order valence-electron chi connectivity index (χ4n) is 2.04. The van der Waals surface area contributed by atoms with E-state index in [-0.39, 0.29) is 6.61 Å². The van der Waals surface area contributed by atoms with Crippen molar-refractivity contribution in [2.45, 2.75) is 33.9 Å². The van der Waals surface area contributed by atoms with Gasteiger partial charge in [-0.2, -0.15) is 0 Å². The number of rotatable bonds is 4. The van der Waals surface area contributed by atoms with Crippen LogP contribution in [0.4, 0.5) is 0 Å². The van der Waals surface area contributed by atoms with Crippen LogP contribution in [0.3, 0.4) is 0 Å². The Morgan fingerprint density at radius 3 is 2.68 bits per heavy atom. The molecule has 1 heterocycles. The van der Waals surface area contributed by atoms with Crippen LogP contribution in [0.5, 0.6) is 0 Å². The number of benzene rings is 1. The van der Waals surface area contributed by atoms with Gasteiger partial charge in [0.1, 0.15) is 6.61 Å². The van der Waals surface area contributed by atoms with Crippen molar-refractivity contribution in [2.75, 3.05) is 0 Å². The van der Waals surface area contributed by atoms with Crippen LogP contribution in [0.25, 0.3) is 11.4 Å². The molecule has 0 spiro atoms. The molecule has 0 aliphatic carbocycles. The van der Waals surface area contributed by atoms with Crippen molar-refractivity contribution in [3.63, 3.8) is 0 Å². The van der Waals surface area contributed by atoms with Crippen LogP contribution in [0, 0.1) is 12.8 Å². The summed E-state index contributed by atoms with van der Waals surface area (Å²) in [5.41, 5.74) is 2.05. The fourth-order valence-corrected chi connectivity index (χ4v) is 2.22. The lowest BCUT2D eigenvalue weighted by Gasteiger charge is -2.13. The van der Waals surface area contributed by atoms with Gasteiger partial charge < -0.3 is 9.67 Å². The second-order valence-corrected chi connectivity index (χ2v) is 5.50. The number of aromatic nitrogens is 3. The predicted octanol–water partition coefficient (Wildman–Crippen LogP) is 3.06. The van der Waals surface area contributed by atoms with Crippen LogP contribution in [0.15, 0.2) is 18.2 Å². The van der Waals surface area contributed by atoms with E-state index in [1.165, 1.54) is 0 Å². The van der Waals surface area contributed by atoms with Crippen LogP contribution < -0.4 is 0 Å². The molecule has 1 N–H and O–H groups in total. The Hall–Kier alpha value is -1.39. The summed E-state index contributed by atoms with van der Waals surface area (Å²) in [5, 5.41) is 18.3. The molecule has 2 rings (SSSR count). The zero-order valence-corrected chi connectivity index (χ0v) is 12.1. The number of hydrogen-bond acceptors (Lipinski definition) is 3. The highest BCUT2D eigenvalue weighted by atomic mass is 35.5. The molecule has 0 atom stereocenters. The molecule has 102 valence electrons. The molecule has 5 heteroatoms. The van der Waals surface area contributed by atoms with Gasteiger partial charge in [0.2, 0.25) is 0 Å². The average molecular weight is 280 g/mol. The van der Waals surface area contributed by atoms with Crippen LogP contribution >= 0.6 is 11.6 Å². The molecule has 0 unspecified atom stereocenters. The zero-order chi connectivity index (χ0) is 14.0. The van der Waals surface area contributed by atoms with E-state index in [9.17, 15) is 5.11 Å². The molecule has 1 aromatic carbocycles. The number of aliphatic hydroxyl groups excluding tert-OH is 1. The fraction of sp³-hybridized carbons (Fsp3) is 0.429. The van der Waals surface area contributed by atoms with Gasteiger partial charge >= 0.3 is 0 Å². The maximum Gasteiger partial charge on any atom is 0.164 e. The summed E-state index contributed by atoms with van der Waals surface area (Å²) >= 11 is 6.06. The number of aliphatic hydroxyl groups is 1. The van der Waals surface area contributed by atoms with E-state index >= 15 is 0 Å². The van der Waals surface area contributed by atoms with E-state index in [4.69, 9.17) is 11.6 Å². The Morgan fingerprint density at radius 1 is 1.32 bits per heavy atom. The highest BCUT2D eigenvalue weighted by Gasteiger charge is 2.16. The van der Waals surface area contributed by atoms with Gasteiger partial charge in [-0.3, -0.25) is 0 Å². The summed E-state index contributed by atoms with van der Waals surface area (Å²) in [5.74, 6) is 1.79. The molecule has 0 fully saturated rings. The Labute approximate surface area is 118 Å². The van der Waals surface area contributed by atoms with Crippen molar-refractivity contribution in [1.82, 2.24) is 14.8 Å². The minimum atomic E-state index is -0.112. The minimum Gasteiger partial charge on any atom is -0.388 e.